The molecule has 0 heterocycles. The smallest absolute Gasteiger partial charge is 0.303 e. The SMILES string of the molecule is CCNC(CCC(=O)O)C(O)c1ccc(C)c(C)c1. The molecule has 1 rings (SSSR count). The van der Waals surface area contributed by atoms with Crippen LogP contribution in [0.1, 0.15) is 42.6 Å². The zero-order valence-corrected chi connectivity index (χ0v) is 11.8. The van der Waals surface area contributed by atoms with Gasteiger partial charge in [0.2, 0.25) is 0 Å². The van der Waals surface area contributed by atoms with Crippen molar-refractivity contribution >= 4 is 5.97 Å². The van der Waals surface area contributed by atoms with E-state index in [0.717, 1.165) is 11.1 Å². The average Bonchev–Trinajstić information content (AvgIpc) is 2.36. The molecule has 0 bridgehead atoms. The van der Waals surface area contributed by atoms with Crippen molar-refractivity contribution in [1.82, 2.24) is 5.32 Å². The van der Waals surface area contributed by atoms with E-state index < -0.39 is 12.1 Å². The Morgan fingerprint density at radius 3 is 2.53 bits per heavy atom. The van der Waals surface area contributed by atoms with Gasteiger partial charge in [-0.25, -0.2) is 0 Å². The van der Waals surface area contributed by atoms with Crippen LogP contribution in [0.15, 0.2) is 18.2 Å². The van der Waals surface area contributed by atoms with Gasteiger partial charge in [-0.15, -0.1) is 0 Å². The minimum atomic E-state index is -0.838. The number of aliphatic carboxylic acids is 1. The van der Waals surface area contributed by atoms with Crippen molar-refractivity contribution in [1.29, 1.82) is 0 Å². The lowest BCUT2D eigenvalue weighted by molar-refractivity contribution is -0.137. The van der Waals surface area contributed by atoms with Crippen LogP contribution in [0.2, 0.25) is 0 Å². The molecule has 0 amide bonds. The van der Waals surface area contributed by atoms with Gasteiger partial charge in [0.15, 0.2) is 0 Å². The molecule has 1 aromatic rings. The summed E-state index contributed by atoms with van der Waals surface area (Å²) in [6, 6.07) is 5.61. The topological polar surface area (TPSA) is 69.6 Å². The first-order valence-corrected chi connectivity index (χ1v) is 6.66. The zero-order chi connectivity index (χ0) is 14.4. The summed E-state index contributed by atoms with van der Waals surface area (Å²) in [5.74, 6) is -0.838. The summed E-state index contributed by atoms with van der Waals surface area (Å²) in [5, 5.41) is 22.3. The van der Waals surface area contributed by atoms with Crippen LogP contribution in [-0.2, 0) is 4.79 Å². The lowest BCUT2D eigenvalue weighted by atomic mass is 9.95. The average molecular weight is 265 g/mol. The number of hydrogen-bond acceptors (Lipinski definition) is 3. The van der Waals surface area contributed by atoms with Crippen LogP contribution < -0.4 is 5.32 Å². The first-order valence-electron chi connectivity index (χ1n) is 6.66. The second kappa shape index (κ2) is 7.26. The molecule has 4 nitrogen and oxygen atoms in total. The molecule has 4 heteroatoms. The minimum Gasteiger partial charge on any atom is -0.481 e. The Kier molecular flexibility index (Phi) is 5.99. The van der Waals surface area contributed by atoms with Gasteiger partial charge in [0, 0.05) is 12.5 Å². The number of hydrogen-bond donors (Lipinski definition) is 3. The number of aliphatic hydroxyl groups excluding tert-OH is 1. The van der Waals surface area contributed by atoms with E-state index in [9.17, 15) is 9.90 Å². The lowest BCUT2D eigenvalue weighted by Gasteiger charge is -2.24. The first-order chi connectivity index (χ1) is 8.95. The summed E-state index contributed by atoms with van der Waals surface area (Å²) in [7, 11) is 0. The highest BCUT2D eigenvalue weighted by Gasteiger charge is 2.21. The van der Waals surface area contributed by atoms with E-state index in [2.05, 4.69) is 5.32 Å². The van der Waals surface area contributed by atoms with Gasteiger partial charge < -0.3 is 15.5 Å². The van der Waals surface area contributed by atoms with E-state index >= 15 is 0 Å². The van der Waals surface area contributed by atoms with Crippen LogP contribution >= 0.6 is 0 Å². The van der Waals surface area contributed by atoms with Gasteiger partial charge >= 0.3 is 5.97 Å². The summed E-state index contributed by atoms with van der Waals surface area (Å²) < 4.78 is 0. The Hall–Kier alpha value is -1.39. The fourth-order valence-electron chi connectivity index (χ4n) is 2.09. The van der Waals surface area contributed by atoms with Gasteiger partial charge in [0.25, 0.3) is 0 Å². The molecule has 0 aromatic heterocycles. The maximum atomic E-state index is 10.7. The maximum absolute atomic E-state index is 10.7. The molecular weight excluding hydrogens is 242 g/mol. The second-order valence-corrected chi connectivity index (χ2v) is 4.89. The van der Waals surface area contributed by atoms with Gasteiger partial charge in [-0.1, -0.05) is 25.1 Å². The zero-order valence-electron chi connectivity index (χ0n) is 11.8. The highest BCUT2D eigenvalue weighted by molar-refractivity contribution is 5.66. The Labute approximate surface area is 114 Å². The van der Waals surface area contributed by atoms with Crippen molar-refractivity contribution < 1.29 is 15.0 Å². The van der Waals surface area contributed by atoms with Crippen molar-refractivity contribution in [3.63, 3.8) is 0 Å². The van der Waals surface area contributed by atoms with Crippen LogP contribution in [0, 0.1) is 13.8 Å². The molecule has 0 saturated heterocycles. The van der Waals surface area contributed by atoms with Crippen LogP contribution in [0.5, 0.6) is 0 Å². The van der Waals surface area contributed by atoms with E-state index in [-0.39, 0.29) is 12.5 Å². The van der Waals surface area contributed by atoms with Gasteiger partial charge in [0.1, 0.15) is 0 Å². The van der Waals surface area contributed by atoms with E-state index in [4.69, 9.17) is 5.11 Å². The predicted molar refractivity (Wildman–Crippen MR) is 75.2 cm³/mol. The van der Waals surface area contributed by atoms with Crippen molar-refractivity contribution in [3.8, 4) is 0 Å². The van der Waals surface area contributed by atoms with E-state index in [1.807, 2.05) is 39.0 Å². The number of aliphatic hydroxyl groups is 1. The van der Waals surface area contributed by atoms with Crippen molar-refractivity contribution in [2.24, 2.45) is 0 Å². The van der Waals surface area contributed by atoms with Crippen molar-refractivity contribution in [2.45, 2.75) is 45.8 Å². The molecule has 0 aliphatic rings. The number of carboxylic acids is 1. The molecule has 0 spiro atoms. The normalized spacial score (nSPS) is 14.1. The number of aryl methyl sites for hydroxylation is 2. The third-order valence-electron chi connectivity index (χ3n) is 3.39. The standard InChI is InChI=1S/C15H23NO3/c1-4-16-13(7-8-14(17)18)15(19)12-6-5-10(2)11(3)9-12/h5-6,9,13,15-16,19H,4,7-8H2,1-3H3,(H,17,18). The number of carboxylic acid groups (broad SMARTS) is 1. The maximum Gasteiger partial charge on any atom is 0.303 e. The summed E-state index contributed by atoms with van der Waals surface area (Å²) in [5.41, 5.74) is 3.14. The molecule has 0 saturated carbocycles. The van der Waals surface area contributed by atoms with Gasteiger partial charge in [-0.05, 0) is 43.5 Å². The fourth-order valence-corrected chi connectivity index (χ4v) is 2.09. The number of likely N-dealkylation sites (N-methyl/N-ethyl adjacent to an activating group) is 1. The fraction of sp³-hybridized carbons (Fsp3) is 0.533. The largest absolute Gasteiger partial charge is 0.481 e. The van der Waals surface area contributed by atoms with Crippen molar-refractivity contribution in [3.05, 3.63) is 34.9 Å². The predicted octanol–water partition coefficient (Wildman–Crippen LogP) is 2.18. The molecule has 3 N–H and O–H groups in total. The minimum absolute atomic E-state index is 0.0551. The molecule has 106 valence electrons. The highest BCUT2D eigenvalue weighted by atomic mass is 16.4. The van der Waals surface area contributed by atoms with E-state index in [1.54, 1.807) is 0 Å². The quantitative estimate of drug-likeness (QED) is 0.706. The molecule has 0 aliphatic heterocycles. The summed E-state index contributed by atoms with van der Waals surface area (Å²) in [4.78, 5) is 10.7. The van der Waals surface area contributed by atoms with Crippen LogP contribution in [0.3, 0.4) is 0 Å². The Bertz CT molecular complexity index is 431. The summed E-state index contributed by atoms with van der Waals surface area (Å²) in [6.45, 7) is 6.68. The molecular formula is C15H23NO3. The number of rotatable bonds is 7. The Morgan fingerprint density at radius 1 is 1.32 bits per heavy atom. The van der Waals surface area contributed by atoms with Crippen LogP contribution in [-0.4, -0.2) is 28.8 Å². The molecule has 2 atom stereocenters. The molecule has 0 fully saturated rings. The molecule has 0 radical (unpaired) electrons. The van der Waals surface area contributed by atoms with E-state index in [1.165, 1.54) is 5.56 Å². The third-order valence-corrected chi connectivity index (χ3v) is 3.39. The van der Waals surface area contributed by atoms with Crippen LogP contribution in [0.4, 0.5) is 0 Å². The molecule has 0 aliphatic carbocycles. The van der Waals surface area contributed by atoms with Gasteiger partial charge in [0.05, 0.1) is 6.10 Å². The first kappa shape index (κ1) is 15.7. The van der Waals surface area contributed by atoms with Crippen molar-refractivity contribution in [2.75, 3.05) is 6.54 Å². The number of nitrogens with one attached hydrogen (secondary N) is 1. The number of carbonyl (C=O) groups is 1. The summed E-state index contributed by atoms with van der Waals surface area (Å²) >= 11 is 0. The van der Waals surface area contributed by atoms with Gasteiger partial charge in [-0.2, -0.15) is 0 Å². The Balaban J connectivity index is 2.81. The second-order valence-electron chi connectivity index (χ2n) is 4.89. The molecule has 2 unspecified atom stereocenters. The highest BCUT2D eigenvalue weighted by Crippen LogP contribution is 2.22. The Morgan fingerprint density at radius 2 is 2.00 bits per heavy atom. The third kappa shape index (κ3) is 4.65. The lowest BCUT2D eigenvalue weighted by Crippen LogP contribution is -2.35. The van der Waals surface area contributed by atoms with E-state index in [0.29, 0.717) is 13.0 Å². The summed E-state index contributed by atoms with van der Waals surface area (Å²) in [6.07, 6.45) is -0.213. The monoisotopic (exact) mass is 265 g/mol. The molecule has 19 heavy (non-hydrogen) atoms. The molecule has 1 aromatic carbocycles. The van der Waals surface area contributed by atoms with Crippen LogP contribution in [0.25, 0.3) is 0 Å². The van der Waals surface area contributed by atoms with Gasteiger partial charge in [-0.3, -0.25) is 4.79 Å². The number of benzene rings is 1.